The molecular formula is C8H3BCl3F3. The third-order valence-corrected chi connectivity index (χ3v) is 2.74. The first-order valence-corrected chi connectivity index (χ1v) is 4.83. The molecule has 80 valence electrons. The summed E-state index contributed by atoms with van der Waals surface area (Å²) < 4.78 is 36.9. The molecule has 1 aromatic rings. The molecule has 2 radical (unpaired) electrons. The number of hydrogen-bond acceptors (Lipinski definition) is 0. The molecule has 0 aliphatic rings. The van der Waals surface area contributed by atoms with Gasteiger partial charge in [0.15, 0.2) is 0 Å². The van der Waals surface area contributed by atoms with Crippen LogP contribution in [0.5, 0.6) is 0 Å². The molecule has 0 aliphatic heterocycles. The number of rotatable bonds is 1. The van der Waals surface area contributed by atoms with E-state index in [0.717, 1.165) is 6.07 Å². The van der Waals surface area contributed by atoms with Crippen LogP contribution in [-0.4, -0.2) is 14.0 Å². The molecule has 0 fully saturated rings. The van der Waals surface area contributed by atoms with E-state index in [9.17, 15) is 13.2 Å². The Balaban J connectivity index is 3.25. The van der Waals surface area contributed by atoms with E-state index < -0.39 is 12.0 Å². The summed E-state index contributed by atoms with van der Waals surface area (Å²) in [4.78, 5) is 0. The Morgan fingerprint density at radius 2 is 1.67 bits per heavy atom. The lowest BCUT2D eigenvalue weighted by atomic mass is 9.80. The molecule has 0 aliphatic carbocycles. The molecule has 0 nitrogen and oxygen atoms in total. The molecule has 1 rings (SSSR count). The average Bonchev–Trinajstić information content (AvgIpc) is 2.08. The van der Waals surface area contributed by atoms with Gasteiger partial charge in [-0.3, -0.25) is 0 Å². The number of benzene rings is 1. The van der Waals surface area contributed by atoms with Gasteiger partial charge in [-0.05, 0) is 17.7 Å². The Hall–Kier alpha value is -0.0551. The molecule has 0 spiro atoms. The van der Waals surface area contributed by atoms with E-state index in [1.165, 1.54) is 6.07 Å². The van der Waals surface area contributed by atoms with Gasteiger partial charge in [-0.15, -0.1) is 0 Å². The van der Waals surface area contributed by atoms with E-state index in [-0.39, 0.29) is 20.6 Å². The Kier molecular flexibility index (Phi) is 3.85. The minimum absolute atomic E-state index is 0.0547. The smallest absolute Gasteiger partial charge is 0.171 e. The van der Waals surface area contributed by atoms with E-state index in [1.54, 1.807) is 0 Å². The summed E-state index contributed by atoms with van der Waals surface area (Å²) in [7, 11) is 4.98. The van der Waals surface area contributed by atoms with Crippen molar-refractivity contribution >= 4 is 42.6 Å². The highest BCUT2D eigenvalue weighted by atomic mass is 35.5. The highest BCUT2D eigenvalue weighted by Gasteiger charge is 2.37. The molecule has 0 aromatic heterocycles. The number of hydrogen-bond donors (Lipinski definition) is 0. The van der Waals surface area contributed by atoms with Gasteiger partial charge in [0.25, 0.3) is 0 Å². The quantitative estimate of drug-likeness (QED) is 0.525. The van der Waals surface area contributed by atoms with Crippen LogP contribution in [-0.2, 0) is 0 Å². The van der Waals surface area contributed by atoms with Crippen molar-refractivity contribution < 1.29 is 13.2 Å². The fourth-order valence-corrected chi connectivity index (χ4v) is 1.71. The van der Waals surface area contributed by atoms with Crippen LogP contribution in [0.25, 0.3) is 0 Å². The lowest BCUT2D eigenvalue weighted by Gasteiger charge is -2.18. The first-order chi connectivity index (χ1) is 6.73. The van der Waals surface area contributed by atoms with Crippen LogP contribution in [0.3, 0.4) is 0 Å². The van der Waals surface area contributed by atoms with Crippen molar-refractivity contribution in [1.82, 2.24) is 0 Å². The Labute approximate surface area is 101 Å². The van der Waals surface area contributed by atoms with Crippen LogP contribution < -0.4 is 0 Å². The number of halogens is 6. The fourth-order valence-electron chi connectivity index (χ4n) is 0.979. The topological polar surface area (TPSA) is 0 Å². The summed E-state index contributed by atoms with van der Waals surface area (Å²) in [6.45, 7) is 0. The zero-order valence-electron chi connectivity index (χ0n) is 7.08. The molecule has 15 heavy (non-hydrogen) atoms. The second-order valence-corrected chi connectivity index (χ2v) is 4.03. The molecule has 1 atom stereocenters. The Morgan fingerprint density at radius 3 is 2.13 bits per heavy atom. The highest BCUT2D eigenvalue weighted by Crippen LogP contribution is 2.39. The second-order valence-electron chi connectivity index (χ2n) is 2.81. The summed E-state index contributed by atoms with van der Waals surface area (Å²) >= 11 is 16.7. The van der Waals surface area contributed by atoms with Crippen molar-refractivity contribution in [2.75, 3.05) is 0 Å². The zero-order valence-corrected chi connectivity index (χ0v) is 9.34. The third kappa shape index (κ3) is 2.96. The normalized spacial score (nSPS) is 14.0. The van der Waals surface area contributed by atoms with Crippen LogP contribution in [0.4, 0.5) is 13.2 Å². The van der Waals surface area contributed by atoms with Crippen LogP contribution in [0.2, 0.25) is 15.1 Å². The van der Waals surface area contributed by atoms with Gasteiger partial charge in [-0.25, -0.2) is 0 Å². The van der Waals surface area contributed by atoms with E-state index >= 15 is 0 Å². The molecule has 0 amide bonds. The van der Waals surface area contributed by atoms with Crippen LogP contribution in [0.15, 0.2) is 12.1 Å². The van der Waals surface area contributed by atoms with Gasteiger partial charge in [-0.2, -0.15) is 13.2 Å². The molecule has 7 heteroatoms. The van der Waals surface area contributed by atoms with Crippen molar-refractivity contribution in [3.05, 3.63) is 32.8 Å². The van der Waals surface area contributed by atoms with Crippen LogP contribution in [0, 0.1) is 0 Å². The lowest BCUT2D eigenvalue weighted by Crippen LogP contribution is -2.21. The first kappa shape index (κ1) is 13.0. The zero-order chi connectivity index (χ0) is 11.8. The molecule has 1 aromatic carbocycles. The van der Waals surface area contributed by atoms with Crippen LogP contribution >= 0.6 is 34.8 Å². The van der Waals surface area contributed by atoms with Gasteiger partial charge in [0.05, 0.1) is 17.9 Å². The van der Waals surface area contributed by atoms with Crippen molar-refractivity contribution in [2.45, 2.75) is 12.0 Å². The second kappa shape index (κ2) is 4.44. The fraction of sp³-hybridized carbons (Fsp3) is 0.250. The summed E-state index contributed by atoms with van der Waals surface area (Å²) in [6.07, 6.45) is -4.59. The maximum absolute atomic E-state index is 12.3. The van der Waals surface area contributed by atoms with E-state index in [0.29, 0.717) is 0 Å². The lowest BCUT2D eigenvalue weighted by molar-refractivity contribution is -0.131. The molecule has 0 saturated carbocycles. The minimum Gasteiger partial charge on any atom is -0.171 e. The molecular weight excluding hydrogens is 270 g/mol. The van der Waals surface area contributed by atoms with Crippen LogP contribution in [0.1, 0.15) is 11.4 Å². The largest absolute Gasteiger partial charge is 0.388 e. The summed E-state index contributed by atoms with van der Waals surface area (Å²) in [5.74, 6) is -2.19. The minimum atomic E-state index is -4.59. The van der Waals surface area contributed by atoms with Gasteiger partial charge in [0, 0.05) is 10.8 Å². The van der Waals surface area contributed by atoms with Gasteiger partial charge < -0.3 is 0 Å². The Morgan fingerprint density at radius 1 is 1.13 bits per heavy atom. The predicted octanol–water partition coefficient (Wildman–Crippen LogP) is 4.42. The van der Waals surface area contributed by atoms with Gasteiger partial charge in [0.2, 0.25) is 0 Å². The summed E-state index contributed by atoms with van der Waals surface area (Å²) in [5.41, 5.74) is -0.332. The van der Waals surface area contributed by atoms with Crippen molar-refractivity contribution in [3.63, 3.8) is 0 Å². The average molecular weight is 273 g/mol. The van der Waals surface area contributed by atoms with Crippen molar-refractivity contribution in [2.24, 2.45) is 0 Å². The molecule has 1 unspecified atom stereocenters. The predicted molar refractivity (Wildman–Crippen MR) is 56.0 cm³/mol. The molecule has 0 N–H and O–H groups in total. The third-order valence-electron chi connectivity index (χ3n) is 1.71. The first-order valence-electron chi connectivity index (χ1n) is 3.70. The Bertz CT molecular complexity index is 378. The van der Waals surface area contributed by atoms with Crippen molar-refractivity contribution in [1.29, 1.82) is 0 Å². The van der Waals surface area contributed by atoms with Gasteiger partial charge >= 0.3 is 6.18 Å². The van der Waals surface area contributed by atoms with Gasteiger partial charge in [-0.1, -0.05) is 34.8 Å². The van der Waals surface area contributed by atoms with Gasteiger partial charge in [0.1, 0.15) is 0 Å². The summed E-state index contributed by atoms with van der Waals surface area (Å²) in [5, 5.41) is -0.233. The SMILES string of the molecule is [B]C(c1cc(Cl)cc(Cl)c1Cl)C(F)(F)F. The standard InChI is InChI=1S/C8H3BCl3F3/c9-7(8(13,14)15)4-1-3(10)2-5(11)6(4)12/h1-2,7H. The van der Waals surface area contributed by atoms with E-state index in [2.05, 4.69) is 0 Å². The maximum Gasteiger partial charge on any atom is 0.388 e. The van der Waals surface area contributed by atoms with E-state index in [1.807, 2.05) is 0 Å². The van der Waals surface area contributed by atoms with Crippen molar-refractivity contribution in [3.8, 4) is 0 Å². The molecule has 0 saturated heterocycles. The maximum atomic E-state index is 12.3. The monoisotopic (exact) mass is 272 g/mol. The summed E-state index contributed by atoms with van der Waals surface area (Å²) in [6, 6.07) is 2.30. The van der Waals surface area contributed by atoms with E-state index in [4.69, 9.17) is 42.6 Å². The molecule has 0 bridgehead atoms. The molecule has 0 heterocycles. The highest BCUT2D eigenvalue weighted by molar-refractivity contribution is 6.44. The number of alkyl halides is 3.